The van der Waals surface area contributed by atoms with E-state index in [9.17, 15) is 0 Å². The number of benzene rings is 1. The van der Waals surface area contributed by atoms with E-state index in [2.05, 4.69) is 6.07 Å². The molecule has 0 radical (unpaired) electrons. The molecule has 0 aliphatic carbocycles. The molecule has 1 aromatic carbocycles. The summed E-state index contributed by atoms with van der Waals surface area (Å²) >= 11 is 0. The van der Waals surface area contributed by atoms with Gasteiger partial charge in [-0.3, -0.25) is 0 Å². The van der Waals surface area contributed by atoms with Crippen molar-refractivity contribution in [2.75, 3.05) is 13.2 Å². The molecule has 66 valence electrons. The second-order valence-corrected chi connectivity index (χ2v) is 3.50. The van der Waals surface area contributed by atoms with Crippen LogP contribution in [0.4, 0.5) is 0 Å². The number of hydrogen-bond donors (Lipinski definition) is 0. The molecule has 0 spiro atoms. The average molecular weight is 173 g/mol. The van der Waals surface area contributed by atoms with Gasteiger partial charge in [-0.2, -0.15) is 5.26 Å². The van der Waals surface area contributed by atoms with Crippen molar-refractivity contribution < 1.29 is 4.74 Å². The van der Waals surface area contributed by atoms with E-state index in [0.29, 0.717) is 13.2 Å². The summed E-state index contributed by atoms with van der Waals surface area (Å²) < 4.78 is 5.12. The number of rotatable bonds is 1. The van der Waals surface area contributed by atoms with Gasteiger partial charge in [0.1, 0.15) is 5.41 Å². The van der Waals surface area contributed by atoms with Gasteiger partial charge in [0.2, 0.25) is 0 Å². The number of ether oxygens (including phenoxy) is 1. The van der Waals surface area contributed by atoms with Gasteiger partial charge in [-0.05, 0) is 18.1 Å². The van der Waals surface area contributed by atoms with E-state index in [0.717, 1.165) is 5.56 Å². The first kappa shape index (κ1) is 8.28. The van der Waals surface area contributed by atoms with Crippen LogP contribution >= 0.6 is 0 Å². The van der Waals surface area contributed by atoms with Gasteiger partial charge in [0.25, 0.3) is 0 Å². The number of aryl methyl sites for hydroxylation is 1. The van der Waals surface area contributed by atoms with Crippen LogP contribution in [0.1, 0.15) is 11.1 Å². The number of nitrogens with zero attached hydrogens (tertiary/aromatic N) is 1. The third-order valence-corrected chi connectivity index (χ3v) is 2.57. The summed E-state index contributed by atoms with van der Waals surface area (Å²) in [6.07, 6.45) is 0. The molecule has 1 aromatic rings. The minimum atomic E-state index is -0.370. The monoisotopic (exact) mass is 173 g/mol. The van der Waals surface area contributed by atoms with Gasteiger partial charge in [-0.25, -0.2) is 0 Å². The van der Waals surface area contributed by atoms with E-state index in [1.165, 1.54) is 5.56 Å². The summed E-state index contributed by atoms with van der Waals surface area (Å²) in [6, 6.07) is 10.4. The Morgan fingerprint density at radius 3 is 2.54 bits per heavy atom. The van der Waals surface area contributed by atoms with E-state index in [-0.39, 0.29) is 5.41 Å². The molecule has 1 aliphatic heterocycles. The molecule has 1 aliphatic rings. The Bertz CT molecular complexity index is 361. The van der Waals surface area contributed by atoms with Gasteiger partial charge < -0.3 is 4.74 Å². The van der Waals surface area contributed by atoms with Crippen molar-refractivity contribution in [3.05, 3.63) is 35.4 Å². The molecule has 0 N–H and O–H groups in total. The predicted octanol–water partition coefficient (Wildman–Crippen LogP) is 1.79. The highest BCUT2D eigenvalue weighted by atomic mass is 16.5. The molecule has 0 bridgehead atoms. The largest absolute Gasteiger partial charge is 0.377 e. The zero-order valence-electron chi connectivity index (χ0n) is 7.58. The molecule has 1 heterocycles. The highest BCUT2D eigenvalue weighted by molar-refractivity contribution is 5.40. The lowest BCUT2D eigenvalue weighted by atomic mass is 9.78. The van der Waals surface area contributed by atoms with Gasteiger partial charge in [-0.1, -0.05) is 24.3 Å². The van der Waals surface area contributed by atoms with Crippen molar-refractivity contribution in [2.45, 2.75) is 12.3 Å². The Morgan fingerprint density at radius 1 is 1.38 bits per heavy atom. The third kappa shape index (κ3) is 1.13. The molecule has 0 unspecified atom stereocenters. The summed E-state index contributed by atoms with van der Waals surface area (Å²) in [4.78, 5) is 0. The van der Waals surface area contributed by atoms with Crippen molar-refractivity contribution in [2.24, 2.45) is 0 Å². The second kappa shape index (κ2) is 2.86. The first-order valence-electron chi connectivity index (χ1n) is 4.34. The van der Waals surface area contributed by atoms with E-state index in [1.807, 2.05) is 31.2 Å². The molecule has 0 saturated carbocycles. The molecule has 0 amide bonds. The zero-order chi connectivity index (χ0) is 9.31. The molecule has 0 atom stereocenters. The van der Waals surface area contributed by atoms with Gasteiger partial charge >= 0.3 is 0 Å². The molecular weight excluding hydrogens is 162 g/mol. The van der Waals surface area contributed by atoms with Crippen LogP contribution in [-0.4, -0.2) is 13.2 Å². The molecule has 1 fully saturated rings. The first-order valence-corrected chi connectivity index (χ1v) is 4.34. The van der Waals surface area contributed by atoms with Gasteiger partial charge in [0.15, 0.2) is 0 Å². The number of hydrogen-bond acceptors (Lipinski definition) is 2. The Balaban J connectivity index is 2.46. The van der Waals surface area contributed by atoms with Crippen LogP contribution in [0.3, 0.4) is 0 Å². The molecular formula is C11H11NO. The van der Waals surface area contributed by atoms with Crippen LogP contribution in [0.15, 0.2) is 24.3 Å². The standard InChI is InChI=1S/C11H11NO/c1-9-4-2-3-5-10(9)11(6-12)7-13-8-11/h2-5H,7-8H2,1H3. The van der Waals surface area contributed by atoms with Crippen LogP contribution in [-0.2, 0) is 10.2 Å². The van der Waals surface area contributed by atoms with E-state index >= 15 is 0 Å². The van der Waals surface area contributed by atoms with Crippen LogP contribution in [0, 0.1) is 18.3 Å². The quantitative estimate of drug-likeness (QED) is 0.648. The van der Waals surface area contributed by atoms with Crippen LogP contribution in [0.5, 0.6) is 0 Å². The summed E-state index contributed by atoms with van der Waals surface area (Å²) in [7, 11) is 0. The smallest absolute Gasteiger partial charge is 0.129 e. The lowest BCUT2D eigenvalue weighted by molar-refractivity contribution is -0.0300. The predicted molar refractivity (Wildman–Crippen MR) is 49.3 cm³/mol. The lowest BCUT2D eigenvalue weighted by Crippen LogP contribution is -2.45. The van der Waals surface area contributed by atoms with Gasteiger partial charge in [0.05, 0.1) is 19.3 Å². The zero-order valence-corrected chi connectivity index (χ0v) is 7.58. The van der Waals surface area contributed by atoms with Crippen LogP contribution in [0.25, 0.3) is 0 Å². The minimum absolute atomic E-state index is 0.370. The minimum Gasteiger partial charge on any atom is -0.377 e. The Kier molecular flexibility index (Phi) is 1.82. The fourth-order valence-corrected chi connectivity index (χ4v) is 1.70. The molecule has 1 saturated heterocycles. The SMILES string of the molecule is Cc1ccccc1C1(C#N)COC1. The number of nitriles is 1. The van der Waals surface area contributed by atoms with Crippen molar-refractivity contribution >= 4 is 0 Å². The molecule has 2 heteroatoms. The summed E-state index contributed by atoms with van der Waals surface area (Å²) in [6.45, 7) is 3.11. The van der Waals surface area contributed by atoms with Crippen molar-refractivity contribution in [1.29, 1.82) is 5.26 Å². The summed E-state index contributed by atoms with van der Waals surface area (Å²) in [5.41, 5.74) is 1.92. The maximum absolute atomic E-state index is 9.08. The van der Waals surface area contributed by atoms with Crippen molar-refractivity contribution in [1.82, 2.24) is 0 Å². The fourth-order valence-electron chi connectivity index (χ4n) is 1.70. The summed E-state index contributed by atoms with van der Waals surface area (Å²) in [5.74, 6) is 0. The Morgan fingerprint density at radius 2 is 2.08 bits per heavy atom. The average Bonchev–Trinajstić information content (AvgIpc) is 2.07. The summed E-state index contributed by atoms with van der Waals surface area (Å²) in [5, 5.41) is 9.08. The van der Waals surface area contributed by atoms with Crippen molar-refractivity contribution in [3.8, 4) is 6.07 Å². The fraction of sp³-hybridized carbons (Fsp3) is 0.364. The lowest BCUT2D eigenvalue weighted by Gasteiger charge is -2.36. The molecule has 2 nitrogen and oxygen atoms in total. The van der Waals surface area contributed by atoms with Gasteiger partial charge in [-0.15, -0.1) is 0 Å². The second-order valence-electron chi connectivity index (χ2n) is 3.50. The highest BCUT2D eigenvalue weighted by Gasteiger charge is 2.41. The molecule has 0 aromatic heterocycles. The van der Waals surface area contributed by atoms with Crippen LogP contribution in [0.2, 0.25) is 0 Å². The molecule has 13 heavy (non-hydrogen) atoms. The normalized spacial score (nSPS) is 18.8. The van der Waals surface area contributed by atoms with E-state index in [4.69, 9.17) is 10.00 Å². The third-order valence-electron chi connectivity index (χ3n) is 2.57. The maximum atomic E-state index is 9.08. The Hall–Kier alpha value is -1.33. The van der Waals surface area contributed by atoms with Gasteiger partial charge in [0, 0.05) is 0 Å². The maximum Gasteiger partial charge on any atom is 0.129 e. The van der Waals surface area contributed by atoms with E-state index < -0.39 is 0 Å². The highest BCUT2D eigenvalue weighted by Crippen LogP contribution is 2.33. The Labute approximate surface area is 77.8 Å². The molecule has 2 rings (SSSR count). The van der Waals surface area contributed by atoms with Crippen molar-refractivity contribution in [3.63, 3.8) is 0 Å². The van der Waals surface area contributed by atoms with E-state index in [1.54, 1.807) is 0 Å². The van der Waals surface area contributed by atoms with Crippen LogP contribution < -0.4 is 0 Å². The topological polar surface area (TPSA) is 33.0 Å². The first-order chi connectivity index (χ1) is 6.28.